The number of fused-ring (bicyclic) bond motifs is 3. The number of likely N-dealkylation sites (tertiary alicyclic amines) is 1. The smallest absolute Gasteiger partial charge is 0.264 e. The number of rotatable bonds is 1. The van der Waals surface area contributed by atoms with Gasteiger partial charge in [-0.2, -0.15) is 0 Å². The molecule has 1 amide bonds. The molecule has 6 nitrogen and oxygen atoms in total. The zero-order chi connectivity index (χ0) is 15.3. The fourth-order valence-corrected chi connectivity index (χ4v) is 4.20. The lowest BCUT2D eigenvalue weighted by atomic mass is 10.00. The zero-order valence-electron chi connectivity index (χ0n) is 12.7. The van der Waals surface area contributed by atoms with Crippen molar-refractivity contribution in [2.24, 2.45) is 0 Å². The van der Waals surface area contributed by atoms with E-state index >= 15 is 0 Å². The Kier molecular flexibility index (Phi) is 3.27. The van der Waals surface area contributed by atoms with Crippen LogP contribution in [0.4, 0.5) is 0 Å². The van der Waals surface area contributed by atoms with E-state index in [0.29, 0.717) is 13.2 Å². The lowest BCUT2D eigenvalue weighted by Crippen LogP contribution is -2.49. The highest BCUT2D eigenvalue weighted by Crippen LogP contribution is 2.31. The number of aryl methyl sites for hydroxylation is 2. The van der Waals surface area contributed by atoms with E-state index in [-0.39, 0.29) is 18.1 Å². The maximum atomic E-state index is 12.7. The first kappa shape index (κ1) is 13.9. The van der Waals surface area contributed by atoms with Crippen LogP contribution in [0, 0.1) is 13.8 Å². The van der Waals surface area contributed by atoms with Gasteiger partial charge in [0.25, 0.3) is 5.91 Å². The second kappa shape index (κ2) is 5.17. The van der Waals surface area contributed by atoms with Crippen molar-refractivity contribution in [3.05, 3.63) is 33.3 Å². The molecule has 0 unspecified atom stereocenters. The molecule has 0 bridgehead atoms. The number of amides is 1. The van der Waals surface area contributed by atoms with Gasteiger partial charge in [-0.15, -0.1) is 16.4 Å². The maximum absolute atomic E-state index is 12.7. The SMILES string of the molecule is Cc1cc(C(=O)N2CC[C@@H]3OCc4cnnn4[C@H]3C2)sc1C. The summed E-state index contributed by atoms with van der Waals surface area (Å²) in [6.07, 6.45) is 2.72. The van der Waals surface area contributed by atoms with E-state index in [1.165, 1.54) is 10.4 Å². The molecule has 0 aromatic carbocycles. The zero-order valence-corrected chi connectivity index (χ0v) is 13.5. The van der Waals surface area contributed by atoms with E-state index in [1.807, 2.05) is 22.6 Å². The van der Waals surface area contributed by atoms with Gasteiger partial charge in [0.2, 0.25) is 0 Å². The first-order chi connectivity index (χ1) is 10.6. The molecule has 0 aliphatic carbocycles. The first-order valence-corrected chi connectivity index (χ1v) is 8.32. The summed E-state index contributed by atoms with van der Waals surface area (Å²) >= 11 is 1.58. The van der Waals surface area contributed by atoms with E-state index in [2.05, 4.69) is 17.2 Å². The highest BCUT2D eigenvalue weighted by molar-refractivity contribution is 7.14. The van der Waals surface area contributed by atoms with Crippen LogP contribution in [0.2, 0.25) is 0 Å². The van der Waals surface area contributed by atoms with Crippen LogP contribution in [0.25, 0.3) is 0 Å². The molecule has 2 aliphatic heterocycles. The Morgan fingerprint density at radius 2 is 2.32 bits per heavy atom. The summed E-state index contributed by atoms with van der Waals surface area (Å²) < 4.78 is 7.82. The molecule has 1 saturated heterocycles. The molecule has 1 fully saturated rings. The number of ether oxygens (including phenoxy) is 1. The van der Waals surface area contributed by atoms with Crippen molar-refractivity contribution in [3.8, 4) is 0 Å². The average Bonchev–Trinajstić information content (AvgIpc) is 3.13. The number of carbonyl (C=O) groups excluding carboxylic acids is 1. The Morgan fingerprint density at radius 3 is 3.09 bits per heavy atom. The van der Waals surface area contributed by atoms with Crippen LogP contribution in [-0.4, -0.2) is 45.0 Å². The second-order valence-corrected chi connectivity index (χ2v) is 7.23. The lowest BCUT2D eigenvalue weighted by Gasteiger charge is -2.40. The van der Waals surface area contributed by atoms with Gasteiger partial charge in [0.15, 0.2) is 0 Å². The molecule has 7 heteroatoms. The summed E-state index contributed by atoms with van der Waals surface area (Å²) in [5, 5.41) is 8.15. The number of thiophene rings is 1. The Labute approximate surface area is 132 Å². The molecular formula is C15H18N4O2S. The van der Waals surface area contributed by atoms with Crippen molar-refractivity contribution in [2.75, 3.05) is 13.1 Å². The van der Waals surface area contributed by atoms with Gasteiger partial charge in [-0.3, -0.25) is 4.79 Å². The molecule has 0 N–H and O–H groups in total. The third-order valence-electron chi connectivity index (χ3n) is 4.59. The molecule has 2 aromatic heterocycles. The molecule has 22 heavy (non-hydrogen) atoms. The van der Waals surface area contributed by atoms with Crippen molar-refractivity contribution in [3.63, 3.8) is 0 Å². The van der Waals surface area contributed by atoms with Gasteiger partial charge in [0, 0.05) is 18.0 Å². The summed E-state index contributed by atoms with van der Waals surface area (Å²) in [6.45, 7) is 6.03. The fourth-order valence-electron chi connectivity index (χ4n) is 3.20. The minimum atomic E-state index is 0.0751. The number of hydrogen-bond donors (Lipinski definition) is 0. The van der Waals surface area contributed by atoms with Crippen LogP contribution < -0.4 is 0 Å². The number of carbonyl (C=O) groups is 1. The number of piperidine rings is 1. The van der Waals surface area contributed by atoms with Crippen molar-refractivity contribution >= 4 is 17.2 Å². The largest absolute Gasteiger partial charge is 0.370 e. The summed E-state index contributed by atoms with van der Waals surface area (Å²) in [6, 6.07) is 2.07. The highest BCUT2D eigenvalue weighted by Gasteiger charge is 2.38. The first-order valence-electron chi connectivity index (χ1n) is 7.50. The summed E-state index contributed by atoms with van der Waals surface area (Å²) in [5.41, 5.74) is 2.17. The monoisotopic (exact) mass is 318 g/mol. The topological polar surface area (TPSA) is 60.3 Å². The fraction of sp³-hybridized carbons (Fsp3) is 0.533. The van der Waals surface area contributed by atoms with E-state index in [1.54, 1.807) is 17.5 Å². The van der Waals surface area contributed by atoms with Crippen LogP contribution in [-0.2, 0) is 11.3 Å². The van der Waals surface area contributed by atoms with Gasteiger partial charge in [0.1, 0.15) is 0 Å². The molecule has 4 heterocycles. The van der Waals surface area contributed by atoms with Crippen molar-refractivity contribution < 1.29 is 9.53 Å². The Hall–Kier alpha value is -1.73. The molecule has 0 radical (unpaired) electrons. The average molecular weight is 318 g/mol. The summed E-state index contributed by atoms with van der Waals surface area (Å²) in [7, 11) is 0. The molecule has 0 spiro atoms. The van der Waals surface area contributed by atoms with Crippen molar-refractivity contribution in [1.29, 1.82) is 0 Å². The molecule has 0 saturated carbocycles. The van der Waals surface area contributed by atoms with Crippen LogP contribution >= 0.6 is 11.3 Å². The van der Waals surface area contributed by atoms with Gasteiger partial charge in [-0.1, -0.05) is 5.21 Å². The van der Waals surface area contributed by atoms with Gasteiger partial charge >= 0.3 is 0 Å². The van der Waals surface area contributed by atoms with Gasteiger partial charge < -0.3 is 9.64 Å². The number of nitrogens with zero attached hydrogens (tertiary/aromatic N) is 4. The third kappa shape index (κ3) is 2.16. The van der Waals surface area contributed by atoms with Gasteiger partial charge in [-0.05, 0) is 31.9 Å². The van der Waals surface area contributed by atoms with Crippen LogP contribution in [0.3, 0.4) is 0 Å². The summed E-state index contributed by atoms with van der Waals surface area (Å²) in [4.78, 5) is 16.7. The number of hydrogen-bond acceptors (Lipinski definition) is 5. The molecular weight excluding hydrogens is 300 g/mol. The lowest BCUT2D eigenvalue weighted by molar-refractivity contribution is -0.0604. The second-order valence-electron chi connectivity index (χ2n) is 5.98. The quantitative estimate of drug-likeness (QED) is 0.806. The van der Waals surface area contributed by atoms with E-state index in [9.17, 15) is 4.79 Å². The molecule has 2 aromatic rings. The maximum Gasteiger partial charge on any atom is 0.264 e. The standard InChI is InChI=1S/C15H18N4O2S/c1-9-5-14(22-10(9)2)15(20)18-4-3-13-12(7-18)19-11(8-21-13)6-16-17-19/h5-6,12-13H,3-4,7-8H2,1-2H3/t12-,13-/m0/s1. The van der Waals surface area contributed by atoms with Gasteiger partial charge in [0.05, 0.1) is 35.5 Å². The minimum Gasteiger partial charge on any atom is -0.370 e. The van der Waals surface area contributed by atoms with Crippen LogP contribution in [0.5, 0.6) is 0 Å². The Morgan fingerprint density at radius 1 is 1.45 bits per heavy atom. The van der Waals surface area contributed by atoms with Crippen LogP contribution in [0.15, 0.2) is 12.3 Å². The molecule has 2 aliphatic rings. The van der Waals surface area contributed by atoms with Crippen LogP contribution in [0.1, 0.15) is 38.3 Å². The Balaban J connectivity index is 1.57. The number of aromatic nitrogens is 3. The van der Waals surface area contributed by atoms with Crippen molar-refractivity contribution in [2.45, 2.75) is 39.0 Å². The minimum absolute atomic E-state index is 0.0751. The predicted molar refractivity (Wildman–Crippen MR) is 81.9 cm³/mol. The molecule has 116 valence electrons. The van der Waals surface area contributed by atoms with E-state index < -0.39 is 0 Å². The Bertz CT molecular complexity index is 703. The van der Waals surface area contributed by atoms with E-state index in [4.69, 9.17) is 4.74 Å². The van der Waals surface area contributed by atoms with Crippen molar-refractivity contribution in [1.82, 2.24) is 19.9 Å². The highest BCUT2D eigenvalue weighted by atomic mass is 32.1. The molecule has 4 rings (SSSR count). The summed E-state index contributed by atoms with van der Waals surface area (Å²) in [5.74, 6) is 0.117. The van der Waals surface area contributed by atoms with E-state index in [0.717, 1.165) is 23.5 Å². The predicted octanol–water partition coefficient (Wildman–Crippen LogP) is 1.94. The third-order valence-corrected chi connectivity index (χ3v) is 5.73. The van der Waals surface area contributed by atoms with Gasteiger partial charge in [-0.25, -0.2) is 4.68 Å². The molecule has 2 atom stereocenters. The normalized spacial score (nSPS) is 24.0.